The van der Waals surface area contributed by atoms with E-state index >= 15 is 0 Å². The maximum atomic E-state index is 12.0. The Labute approximate surface area is 118 Å². The van der Waals surface area contributed by atoms with Gasteiger partial charge in [-0.3, -0.25) is 4.79 Å². The number of aliphatic carboxylic acids is 1. The molecule has 2 N–H and O–H groups in total. The van der Waals surface area contributed by atoms with Crippen LogP contribution in [0.25, 0.3) is 0 Å². The number of nitrogens with one attached hydrogen (secondary N) is 1. The first kappa shape index (κ1) is 13.1. The number of urea groups is 1. The zero-order chi connectivity index (χ0) is 13.1. The molecule has 5 nitrogen and oxygen atoms in total. The Kier molecular flexibility index (Phi) is 4.05. The largest absolute Gasteiger partial charge is 0.480 e. The maximum absolute atomic E-state index is 12.0. The van der Waals surface area contributed by atoms with Crippen LogP contribution in [0.15, 0.2) is 24.3 Å². The summed E-state index contributed by atoms with van der Waals surface area (Å²) in [7, 11) is 0. The average Bonchev–Trinajstić information content (AvgIpc) is 3.12. The summed E-state index contributed by atoms with van der Waals surface area (Å²) < 4.78 is 1.08. The van der Waals surface area contributed by atoms with Crippen LogP contribution in [0, 0.1) is 3.57 Å². The van der Waals surface area contributed by atoms with Crippen LogP contribution in [-0.2, 0) is 4.79 Å². The number of benzene rings is 1. The van der Waals surface area contributed by atoms with E-state index in [1.807, 2.05) is 12.1 Å². The van der Waals surface area contributed by atoms with Crippen LogP contribution >= 0.6 is 22.6 Å². The van der Waals surface area contributed by atoms with Crippen molar-refractivity contribution in [1.29, 1.82) is 0 Å². The van der Waals surface area contributed by atoms with Gasteiger partial charge in [0.1, 0.15) is 6.54 Å². The maximum Gasteiger partial charge on any atom is 0.323 e. The van der Waals surface area contributed by atoms with E-state index in [1.54, 1.807) is 12.1 Å². The number of carbonyl (C=O) groups excluding carboxylic acids is 1. The molecule has 0 spiro atoms. The number of nitrogens with zero attached hydrogens (tertiary/aromatic N) is 1. The Bertz CT molecular complexity index is 457. The molecule has 0 aliphatic heterocycles. The minimum atomic E-state index is -0.986. The molecule has 1 saturated carbocycles. The van der Waals surface area contributed by atoms with Gasteiger partial charge in [0, 0.05) is 15.3 Å². The fourth-order valence-electron chi connectivity index (χ4n) is 1.63. The minimum Gasteiger partial charge on any atom is -0.480 e. The molecular weight excluding hydrogens is 347 g/mol. The molecule has 1 fully saturated rings. The molecule has 0 atom stereocenters. The monoisotopic (exact) mass is 360 g/mol. The second-order valence-electron chi connectivity index (χ2n) is 4.19. The summed E-state index contributed by atoms with van der Waals surface area (Å²) in [5.74, 6) is -0.986. The molecule has 1 aliphatic carbocycles. The molecular formula is C12H13IN2O3. The number of hydrogen-bond acceptors (Lipinski definition) is 2. The van der Waals surface area contributed by atoms with Gasteiger partial charge in [-0.15, -0.1) is 0 Å². The van der Waals surface area contributed by atoms with Crippen molar-refractivity contribution in [2.75, 3.05) is 11.9 Å². The molecule has 2 rings (SSSR count). The molecule has 0 bridgehead atoms. The standard InChI is InChI=1S/C12H13IN2O3/c13-8-1-3-9(4-2-8)14-12(18)15(7-11(16)17)10-5-6-10/h1-4,10H,5-7H2,(H,14,18)(H,16,17). The fourth-order valence-corrected chi connectivity index (χ4v) is 1.99. The van der Waals surface area contributed by atoms with Crippen molar-refractivity contribution in [1.82, 2.24) is 4.90 Å². The van der Waals surface area contributed by atoms with E-state index in [1.165, 1.54) is 4.90 Å². The SMILES string of the molecule is O=C(O)CN(C(=O)Nc1ccc(I)cc1)C1CC1. The average molecular weight is 360 g/mol. The van der Waals surface area contributed by atoms with Crippen molar-refractivity contribution in [3.05, 3.63) is 27.8 Å². The number of carbonyl (C=O) groups is 2. The van der Waals surface area contributed by atoms with Crippen molar-refractivity contribution < 1.29 is 14.7 Å². The van der Waals surface area contributed by atoms with Crippen LogP contribution in [0.4, 0.5) is 10.5 Å². The van der Waals surface area contributed by atoms with Gasteiger partial charge < -0.3 is 15.3 Å². The highest BCUT2D eigenvalue weighted by molar-refractivity contribution is 14.1. The van der Waals surface area contributed by atoms with Crippen LogP contribution in [0.2, 0.25) is 0 Å². The summed E-state index contributed by atoms with van der Waals surface area (Å²) in [5.41, 5.74) is 0.677. The van der Waals surface area contributed by atoms with Gasteiger partial charge in [0.25, 0.3) is 0 Å². The van der Waals surface area contributed by atoms with Crippen LogP contribution in [0.5, 0.6) is 0 Å². The first-order valence-corrected chi connectivity index (χ1v) is 6.69. The normalized spacial score (nSPS) is 14.1. The van der Waals surface area contributed by atoms with E-state index < -0.39 is 5.97 Å². The highest BCUT2D eigenvalue weighted by atomic mass is 127. The molecule has 0 radical (unpaired) electrons. The Morgan fingerprint density at radius 1 is 1.33 bits per heavy atom. The van der Waals surface area contributed by atoms with Crippen molar-refractivity contribution >= 4 is 40.3 Å². The smallest absolute Gasteiger partial charge is 0.323 e. The number of carboxylic acid groups (broad SMARTS) is 1. The summed E-state index contributed by atoms with van der Waals surface area (Å²) in [6, 6.07) is 7.09. The first-order chi connectivity index (χ1) is 8.56. The highest BCUT2D eigenvalue weighted by Crippen LogP contribution is 2.27. The van der Waals surface area contributed by atoms with E-state index in [2.05, 4.69) is 27.9 Å². The predicted octanol–water partition coefficient (Wildman–Crippen LogP) is 2.37. The molecule has 1 aromatic carbocycles. The molecule has 96 valence electrons. The van der Waals surface area contributed by atoms with Crippen LogP contribution in [0.1, 0.15) is 12.8 Å². The number of amides is 2. The number of anilines is 1. The molecule has 0 aromatic heterocycles. The van der Waals surface area contributed by atoms with Crippen molar-refractivity contribution in [2.45, 2.75) is 18.9 Å². The second-order valence-corrected chi connectivity index (χ2v) is 5.44. The van der Waals surface area contributed by atoms with E-state index in [-0.39, 0.29) is 18.6 Å². The van der Waals surface area contributed by atoms with E-state index in [9.17, 15) is 9.59 Å². The first-order valence-electron chi connectivity index (χ1n) is 5.61. The zero-order valence-corrected chi connectivity index (χ0v) is 11.8. The lowest BCUT2D eigenvalue weighted by Crippen LogP contribution is -2.40. The third kappa shape index (κ3) is 3.59. The predicted molar refractivity (Wildman–Crippen MR) is 75.5 cm³/mol. The quantitative estimate of drug-likeness (QED) is 0.810. The van der Waals surface area contributed by atoms with Gasteiger partial charge >= 0.3 is 12.0 Å². The molecule has 6 heteroatoms. The summed E-state index contributed by atoms with van der Waals surface area (Å²) in [4.78, 5) is 24.1. The van der Waals surface area contributed by atoms with E-state index in [0.29, 0.717) is 5.69 Å². The zero-order valence-electron chi connectivity index (χ0n) is 9.60. The molecule has 18 heavy (non-hydrogen) atoms. The highest BCUT2D eigenvalue weighted by Gasteiger charge is 2.33. The summed E-state index contributed by atoms with van der Waals surface area (Å²) in [6.07, 6.45) is 1.76. The number of rotatable bonds is 4. The molecule has 0 heterocycles. The van der Waals surface area contributed by atoms with Crippen LogP contribution in [0.3, 0.4) is 0 Å². The van der Waals surface area contributed by atoms with Gasteiger partial charge in [0.15, 0.2) is 0 Å². The lowest BCUT2D eigenvalue weighted by atomic mass is 10.3. The summed E-state index contributed by atoms with van der Waals surface area (Å²) >= 11 is 2.18. The second kappa shape index (κ2) is 5.55. The van der Waals surface area contributed by atoms with Gasteiger partial charge in [-0.25, -0.2) is 4.79 Å². The Morgan fingerprint density at radius 2 is 1.94 bits per heavy atom. The molecule has 0 unspecified atom stereocenters. The molecule has 2 amide bonds. The lowest BCUT2D eigenvalue weighted by molar-refractivity contribution is -0.137. The Balaban J connectivity index is 2.00. The van der Waals surface area contributed by atoms with Gasteiger partial charge in [0.05, 0.1) is 0 Å². The Hall–Kier alpha value is -1.31. The van der Waals surface area contributed by atoms with Crippen molar-refractivity contribution in [2.24, 2.45) is 0 Å². The van der Waals surface area contributed by atoms with E-state index in [4.69, 9.17) is 5.11 Å². The Morgan fingerprint density at radius 3 is 2.44 bits per heavy atom. The number of carboxylic acids is 1. The third-order valence-electron chi connectivity index (χ3n) is 2.65. The fraction of sp³-hybridized carbons (Fsp3) is 0.333. The third-order valence-corrected chi connectivity index (χ3v) is 3.37. The molecule has 1 aliphatic rings. The van der Waals surface area contributed by atoms with Crippen LogP contribution in [-0.4, -0.2) is 34.6 Å². The van der Waals surface area contributed by atoms with Crippen molar-refractivity contribution in [3.63, 3.8) is 0 Å². The minimum absolute atomic E-state index is 0.0740. The van der Waals surface area contributed by atoms with Crippen molar-refractivity contribution in [3.8, 4) is 0 Å². The van der Waals surface area contributed by atoms with Gasteiger partial charge in [-0.1, -0.05) is 0 Å². The van der Waals surface area contributed by atoms with E-state index in [0.717, 1.165) is 16.4 Å². The van der Waals surface area contributed by atoms with Crippen LogP contribution < -0.4 is 5.32 Å². The topological polar surface area (TPSA) is 69.6 Å². The van der Waals surface area contributed by atoms with Gasteiger partial charge in [-0.2, -0.15) is 0 Å². The number of halogens is 1. The molecule has 0 saturated heterocycles. The number of hydrogen-bond donors (Lipinski definition) is 2. The molecule has 1 aromatic rings. The summed E-state index contributed by atoms with van der Waals surface area (Å²) in [5, 5.41) is 11.5. The lowest BCUT2D eigenvalue weighted by Gasteiger charge is -2.20. The van der Waals surface area contributed by atoms with Gasteiger partial charge in [0.2, 0.25) is 0 Å². The summed E-state index contributed by atoms with van der Waals surface area (Å²) in [6.45, 7) is -0.249. The van der Waals surface area contributed by atoms with Gasteiger partial charge in [-0.05, 0) is 59.7 Å².